The van der Waals surface area contributed by atoms with E-state index in [1.165, 1.54) is 0 Å². The van der Waals surface area contributed by atoms with E-state index in [9.17, 15) is 9.59 Å². The van der Waals surface area contributed by atoms with Crippen molar-refractivity contribution in [2.24, 2.45) is 0 Å². The maximum atomic E-state index is 12.2. The van der Waals surface area contributed by atoms with Gasteiger partial charge in [-0.1, -0.05) is 30.3 Å². The first-order valence-electron chi connectivity index (χ1n) is 8.58. The van der Waals surface area contributed by atoms with E-state index in [1.54, 1.807) is 7.11 Å². The molecular weight excluding hydrogens is 328 g/mol. The number of fused-ring (bicyclic) bond motifs is 1. The summed E-state index contributed by atoms with van der Waals surface area (Å²) < 4.78 is 5.10. The average Bonchev–Trinajstić information content (AvgIpc) is 2.64. The molecule has 3 rings (SSSR count). The monoisotopic (exact) mass is 350 g/mol. The van der Waals surface area contributed by atoms with Gasteiger partial charge in [-0.2, -0.15) is 0 Å². The minimum Gasteiger partial charge on any atom is -0.497 e. The number of H-pyrrole nitrogens is 1. The molecule has 0 spiro atoms. The zero-order valence-corrected chi connectivity index (χ0v) is 15.0. The van der Waals surface area contributed by atoms with Crippen molar-refractivity contribution in [2.45, 2.75) is 19.8 Å². The number of rotatable bonds is 6. The van der Waals surface area contributed by atoms with E-state index in [0.717, 1.165) is 27.8 Å². The molecule has 1 aromatic heterocycles. The van der Waals surface area contributed by atoms with E-state index >= 15 is 0 Å². The third-order valence-electron chi connectivity index (χ3n) is 4.41. The molecule has 1 amide bonds. The van der Waals surface area contributed by atoms with E-state index in [0.29, 0.717) is 24.9 Å². The molecule has 0 aliphatic heterocycles. The van der Waals surface area contributed by atoms with Gasteiger partial charge in [-0.15, -0.1) is 0 Å². The van der Waals surface area contributed by atoms with Crippen molar-refractivity contribution in [1.82, 2.24) is 10.3 Å². The van der Waals surface area contributed by atoms with Crippen LogP contribution in [0.5, 0.6) is 5.75 Å². The topological polar surface area (TPSA) is 71.2 Å². The summed E-state index contributed by atoms with van der Waals surface area (Å²) in [5.41, 5.74) is 3.40. The van der Waals surface area contributed by atoms with Crippen molar-refractivity contribution in [3.63, 3.8) is 0 Å². The van der Waals surface area contributed by atoms with Gasteiger partial charge in [-0.05, 0) is 48.1 Å². The van der Waals surface area contributed by atoms with Crippen molar-refractivity contribution in [3.8, 4) is 5.75 Å². The highest BCUT2D eigenvalue weighted by molar-refractivity contribution is 5.82. The first kappa shape index (κ1) is 17.7. The van der Waals surface area contributed by atoms with Gasteiger partial charge in [0.05, 0.1) is 19.0 Å². The highest BCUT2D eigenvalue weighted by Crippen LogP contribution is 2.15. The summed E-state index contributed by atoms with van der Waals surface area (Å²) in [5, 5.41) is 3.88. The number of carbonyl (C=O) groups is 1. The Bertz CT molecular complexity index is 975. The van der Waals surface area contributed by atoms with Gasteiger partial charge < -0.3 is 15.0 Å². The van der Waals surface area contributed by atoms with Crippen LogP contribution >= 0.6 is 0 Å². The van der Waals surface area contributed by atoms with Crippen LogP contribution in [0.1, 0.15) is 16.7 Å². The number of aromatic nitrogens is 1. The number of aryl methyl sites for hydroxylation is 1. The fourth-order valence-electron chi connectivity index (χ4n) is 2.94. The molecule has 0 unspecified atom stereocenters. The molecule has 134 valence electrons. The number of methoxy groups -OCH3 is 1. The minimum atomic E-state index is -0.101. The number of carbonyl (C=O) groups excluding carboxylic acids is 1. The normalized spacial score (nSPS) is 10.7. The number of amides is 1. The molecule has 0 saturated carbocycles. The van der Waals surface area contributed by atoms with Crippen LogP contribution in [0.15, 0.2) is 53.3 Å². The molecule has 0 bridgehead atoms. The van der Waals surface area contributed by atoms with Crippen molar-refractivity contribution in [2.75, 3.05) is 13.7 Å². The lowest BCUT2D eigenvalue weighted by atomic mass is 10.1. The van der Waals surface area contributed by atoms with E-state index < -0.39 is 0 Å². The van der Waals surface area contributed by atoms with Crippen LogP contribution in [-0.4, -0.2) is 24.5 Å². The summed E-state index contributed by atoms with van der Waals surface area (Å²) in [6.45, 7) is 2.40. The molecular formula is C21H22N2O3. The summed E-state index contributed by atoms with van der Waals surface area (Å²) >= 11 is 0. The lowest BCUT2D eigenvalue weighted by molar-refractivity contribution is -0.120. The number of ether oxygens (including phenoxy) is 1. The largest absolute Gasteiger partial charge is 0.497 e. The Morgan fingerprint density at radius 3 is 2.65 bits per heavy atom. The molecule has 5 heteroatoms. The van der Waals surface area contributed by atoms with Gasteiger partial charge in [0.2, 0.25) is 5.91 Å². The molecule has 2 aromatic carbocycles. The number of para-hydroxylation sites is 1. The number of pyridine rings is 1. The van der Waals surface area contributed by atoms with E-state index in [1.807, 2.05) is 55.5 Å². The molecule has 26 heavy (non-hydrogen) atoms. The van der Waals surface area contributed by atoms with Crippen LogP contribution in [0, 0.1) is 6.92 Å². The first-order valence-corrected chi connectivity index (χ1v) is 8.58. The van der Waals surface area contributed by atoms with Crippen molar-refractivity contribution < 1.29 is 9.53 Å². The Labute approximate surface area is 152 Å². The summed E-state index contributed by atoms with van der Waals surface area (Å²) in [7, 11) is 1.61. The molecule has 2 N–H and O–H groups in total. The Morgan fingerprint density at radius 2 is 1.92 bits per heavy atom. The maximum Gasteiger partial charge on any atom is 0.251 e. The van der Waals surface area contributed by atoms with Gasteiger partial charge >= 0.3 is 0 Å². The van der Waals surface area contributed by atoms with Gasteiger partial charge in [-0.25, -0.2) is 0 Å². The zero-order chi connectivity index (χ0) is 18.5. The fourth-order valence-corrected chi connectivity index (χ4v) is 2.94. The summed E-state index contributed by atoms with van der Waals surface area (Å²) in [4.78, 5) is 27.2. The van der Waals surface area contributed by atoms with Crippen LogP contribution in [-0.2, 0) is 17.6 Å². The van der Waals surface area contributed by atoms with Crippen LogP contribution in [0.2, 0.25) is 0 Å². The molecule has 1 heterocycles. The highest BCUT2D eigenvalue weighted by atomic mass is 16.5. The van der Waals surface area contributed by atoms with Gasteiger partial charge in [0.15, 0.2) is 0 Å². The third-order valence-corrected chi connectivity index (χ3v) is 4.41. The quantitative estimate of drug-likeness (QED) is 0.718. The Kier molecular flexibility index (Phi) is 5.37. The molecule has 0 fully saturated rings. The molecule has 5 nitrogen and oxygen atoms in total. The van der Waals surface area contributed by atoms with E-state index in [2.05, 4.69) is 10.3 Å². The minimum absolute atomic E-state index is 0.0665. The summed E-state index contributed by atoms with van der Waals surface area (Å²) in [6, 6.07) is 15.2. The highest BCUT2D eigenvalue weighted by Gasteiger charge is 2.07. The second-order valence-electron chi connectivity index (χ2n) is 6.29. The second kappa shape index (κ2) is 7.87. The standard InChI is InChI=1S/C21H22N2O3/c1-14-4-3-5-16-13-17(21(25)23-20(14)16)10-11-22-19(24)12-15-6-8-18(26-2)9-7-15/h3-9,13H,10-12H2,1-2H3,(H,22,24)(H,23,25). The second-order valence-corrected chi connectivity index (χ2v) is 6.29. The third kappa shape index (κ3) is 4.11. The van der Waals surface area contributed by atoms with E-state index in [4.69, 9.17) is 4.74 Å². The number of hydrogen-bond donors (Lipinski definition) is 2. The molecule has 0 aliphatic carbocycles. The summed E-state index contributed by atoms with van der Waals surface area (Å²) in [5.74, 6) is 0.697. The zero-order valence-electron chi connectivity index (χ0n) is 15.0. The van der Waals surface area contributed by atoms with Crippen LogP contribution in [0.3, 0.4) is 0 Å². The fraction of sp³-hybridized carbons (Fsp3) is 0.238. The molecule has 0 aliphatic rings. The Balaban J connectivity index is 1.58. The van der Waals surface area contributed by atoms with Gasteiger partial charge in [-0.3, -0.25) is 9.59 Å². The number of hydrogen-bond acceptors (Lipinski definition) is 3. The lowest BCUT2D eigenvalue weighted by Crippen LogP contribution is -2.28. The van der Waals surface area contributed by atoms with Crippen molar-refractivity contribution >= 4 is 16.8 Å². The summed E-state index contributed by atoms with van der Waals surface area (Å²) in [6.07, 6.45) is 0.796. The number of aromatic amines is 1. The van der Waals surface area contributed by atoms with Crippen molar-refractivity contribution in [3.05, 3.63) is 75.6 Å². The van der Waals surface area contributed by atoms with Crippen LogP contribution < -0.4 is 15.6 Å². The lowest BCUT2D eigenvalue weighted by Gasteiger charge is -2.08. The van der Waals surface area contributed by atoms with E-state index in [-0.39, 0.29) is 11.5 Å². The van der Waals surface area contributed by atoms with Crippen LogP contribution in [0.25, 0.3) is 10.9 Å². The maximum absolute atomic E-state index is 12.2. The Hall–Kier alpha value is -3.08. The predicted octanol–water partition coefficient (Wildman–Crippen LogP) is 2.75. The first-order chi connectivity index (χ1) is 12.6. The SMILES string of the molecule is COc1ccc(CC(=O)NCCc2cc3cccc(C)c3[nH]c2=O)cc1. The van der Waals surface area contributed by atoms with Gasteiger partial charge in [0.1, 0.15) is 5.75 Å². The molecule has 3 aromatic rings. The molecule has 0 atom stereocenters. The van der Waals surface area contributed by atoms with Gasteiger partial charge in [0.25, 0.3) is 5.56 Å². The number of benzene rings is 2. The van der Waals surface area contributed by atoms with Gasteiger partial charge in [0, 0.05) is 12.1 Å². The number of nitrogens with one attached hydrogen (secondary N) is 2. The Morgan fingerprint density at radius 1 is 1.15 bits per heavy atom. The predicted molar refractivity (Wildman–Crippen MR) is 103 cm³/mol. The molecule has 0 radical (unpaired) electrons. The van der Waals surface area contributed by atoms with Crippen molar-refractivity contribution in [1.29, 1.82) is 0 Å². The average molecular weight is 350 g/mol. The smallest absolute Gasteiger partial charge is 0.251 e. The molecule has 0 saturated heterocycles. The van der Waals surface area contributed by atoms with Crippen LogP contribution in [0.4, 0.5) is 0 Å².